The van der Waals surface area contributed by atoms with Crippen molar-refractivity contribution in [1.29, 1.82) is 0 Å². The summed E-state index contributed by atoms with van der Waals surface area (Å²) in [6, 6.07) is 4.48. The molecule has 0 aliphatic rings. The molecule has 1 aromatic rings. The van der Waals surface area contributed by atoms with Crippen LogP contribution in [-0.4, -0.2) is 18.8 Å². The summed E-state index contributed by atoms with van der Waals surface area (Å²) in [4.78, 5) is 0. The monoisotopic (exact) mass is 226 g/mol. The van der Waals surface area contributed by atoms with Crippen LogP contribution in [-0.2, 0) is 6.42 Å². The van der Waals surface area contributed by atoms with E-state index in [-0.39, 0.29) is 18.3 Å². The summed E-state index contributed by atoms with van der Waals surface area (Å²) in [6.45, 7) is 4.21. The van der Waals surface area contributed by atoms with Crippen LogP contribution in [0.3, 0.4) is 0 Å². The van der Waals surface area contributed by atoms with Gasteiger partial charge in [0.2, 0.25) is 0 Å². The van der Waals surface area contributed by atoms with Gasteiger partial charge in [-0.1, -0.05) is 13.8 Å². The molecule has 3 heteroatoms. The molecule has 1 N–H and O–H groups in total. The zero-order chi connectivity index (χ0) is 12.1. The number of rotatable bonds is 5. The number of hydrogen-bond donors (Lipinski definition) is 1. The van der Waals surface area contributed by atoms with E-state index in [0.717, 1.165) is 5.56 Å². The molecule has 0 spiro atoms. The van der Waals surface area contributed by atoms with E-state index in [1.807, 2.05) is 13.8 Å². The smallest absolute Gasteiger partial charge is 0.123 e. The van der Waals surface area contributed by atoms with Gasteiger partial charge in [0.05, 0.1) is 7.11 Å². The molecule has 0 aliphatic heterocycles. The maximum atomic E-state index is 13.1. The number of hydrogen-bond acceptors (Lipinski definition) is 2. The van der Waals surface area contributed by atoms with Crippen LogP contribution >= 0.6 is 0 Å². The Hall–Kier alpha value is -1.09. The summed E-state index contributed by atoms with van der Waals surface area (Å²) in [6.07, 6.45) is 0.634. The second-order valence-electron chi connectivity index (χ2n) is 4.35. The van der Waals surface area contributed by atoms with Crippen LogP contribution in [0.1, 0.15) is 19.4 Å². The van der Waals surface area contributed by atoms with E-state index in [1.165, 1.54) is 12.1 Å². The first-order valence-electron chi connectivity index (χ1n) is 5.51. The number of halogens is 1. The second kappa shape index (κ2) is 5.85. The zero-order valence-electron chi connectivity index (χ0n) is 10.0. The van der Waals surface area contributed by atoms with Crippen molar-refractivity contribution in [2.75, 3.05) is 13.7 Å². The highest BCUT2D eigenvalue weighted by molar-refractivity contribution is 5.34. The van der Waals surface area contributed by atoms with Crippen molar-refractivity contribution in [3.8, 4) is 5.75 Å². The Balaban J connectivity index is 2.89. The molecule has 0 aromatic heterocycles. The number of methoxy groups -OCH3 is 1. The normalized spacial score (nSPS) is 12.9. The maximum absolute atomic E-state index is 13.1. The predicted molar refractivity (Wildman–Crippen MR) is 62.1 cm³/mol. The fourth-order valence-corrected chi connectivity index (χ4v) is 1.70. The van der Waals surface area contributed by atoms with Gasteiger partial charge in [0.15, 0.2) is 0 Å². The summed E-state index contributed by atoms with van der Waals surface area (Å²) < 4.78 is 18.3. The summed E-state index contributed by atoms with van der Waals surface area (Å²) in [5, 5.41) is 9.26. The van der Waals surface area contributed by atoms with Gasteiger partial charge in [0.1, 0.15) is 11.6 Å². The highest BCUT2D eigenvalue weighted by atomic mass is 19.1. The third-order valence-corrected chi connectivity index (χ3v) is 2.90. The molecule has 0 saturated carbocycles. The maximum Gasteiger partial charge on any atom is 0.123 e. The van der Waals surface area contributed by atoms with Crippen molar-refractivity contribution in [1.82, 2.24) is 0 Å². The van der Waals surface area contributed by atoms with Crippen molar-refractivity contribution in [3.63, 3.8) is 0 Å². The van der Waals surface area contributed by atoms with Crippen LogP contribution in [0.25, 0.3) is 0 Å². The van der Waals surface area contributed by atoms with Crippen LogP contribution in [0.4, 0.5) is 4.39 Å². The third-order valence-electron chi connectivity index (χ3n) is 2.90. The van der Waals surface area contributed by atoms with Gasteiger partial charge >= 0.3 is 0 Å². The van der Waals surface area contributed by atoms with Crippen molar-refractivity contribution in [2.24, 2.45) is 11.8 Å². The van der Waals surface area contributed by atoms with Gasteiger partial charge in [-0.2, -0.15) is 0 Å². The summed E-state index contributed by atoms with van der Waals surface area (Å²) >= 11 is 0. The van der Waals surface area contributed by atoms with Crippen molar-refractivity contribution < 1.29 is 14.2 Å². The van der Waals surface area contributed by atoms with E-state index < -0.39 is 0 Å². The summed E-state index contributed by atoms with van der Waals surface area (Å²) in [7, 11) is 1.57. The largest absolute Gasteiger partial charge is 0.496 e. The van der Waals surface area contributed by atoms with Crippen molar-refractivity contribution >= 4 is 0 Å². The van der Waals surface area contributed by atoms with Crippen LogP contribution in [0, 0.1) is 17.7 Å². The first-order valence-corrected chi connectivity index (χ1v) is 5.51. The number of benzene rings is 1. The minimum absolute atomic E-state index is 0.108. The van der Waals surface area contributed by atoms with E-state index in [9.17, 15) is 9.50 Å². The van der Waals surface area contributed by atoms with E-state index in [2.05, 4.69) is 0 Å². The lowest BCUT2D eigenvalue weighted by atomic mass is 9.89. The van der Waals surface area contributed by atoms with E-state index >= 15 is 0 Å². The van der Waals surface area contributed by atoms with Crippen LogP contribution in [0.15, 0.2) is 18.2 Å². The Morgan fingerprint density at radius 2 is 2.06 bits per heavy atom. The number of aliphatic hydroxyl groups excluding tert-OH is 1. The van der Waals surface area contributed by atoms with Crippen LogP contribution in [0.2, 0.25) is 0 Å². The molecule has 0 heterocycles. The molecule has 90 valence electrons. The SMILES string of the molecule is COc1ccc(F)cc1CC(CO)C(C)C. The lowest BCUT2D eigenvalue weighted by Crippen LogP contribution is -2.16. The Kier molecular flexibility index (Phi) is 4.74. The molecule has 0 fully saturated rings. The van der Waals surface area contributed by atoms with Crippen LogP contribution in [0.5, 0.6) is 5.75 Å². The van der Waals surface area contributed by atoms with E-state index in [0.29, 0.717) is 18.1 Å². The predicted octanol–water partition coefficient (Wildman–Crippen LogP) is 2.64. The molecule has 0 saturated heterocycles. The first-order chi connectivity index (χ1) is 7.58. The zero-order valence-corrected chi connectivity index (χ0v) is 10.0. The van der Waals surface area contributed by atoms with E-state index in [1.54, 1.807) is 13.2 Å². The number of aliphatic hydroxyl groups is 1. The molecule has 1 atom stereocenters. The molecular weight excluding hydrogens is 207 g/mol. The first kappa shape index (κ1) is 13.0. The third kappa shape index (κ3) is 3.20. The molecule has 2 nitrogen and oxygen atoms in total. The lowest BCUT2D eigenvalue weighted by molar-refractivity contribution is 0.188. The highest BCUT2D eigenvalue weighted by Gasteiger charge is 2.15. The molecule has 0 amide bonds. The standard InChI is InChI=1S/C13H19FO2/c1-9(2)11(8-15)6-10-7-12(14)4-5-13(10)16-3/h4-5,7,9,11,15H,6,8H2,1-3H3. The van der Waals surface area contributed by atoms with E-state index in [4.69, 9.17) is 4.74 Å². The molecule has 0 aliphatic carbocycles. The summed E-state index contributed by atoms with van der Waals surface area (Å²) in [5.41, 5.74) is 0.815. The Morgan fingerprint density at radius 1 is 1.38 bits per heavy atom. The van der Waals surface area contributed by atoms with Gasteiger partial charge in [-0.3, -0.25) is 0 Å². The molecule has 0 radical (unpaired) electrons. The highest BCUT2D eigenvalue weighted by Crippen LogP contribution is 2.25. The Labute approximate surface area is 96.1 Å². The average molecular weight is 226 g/mol. The quantitative estimate of drug-likeness (QED) is 0.836. The Morgan fingerprint density at radius 3 is 2.56 bits per heavy atom. The van der Waals surface area contributed by atoms with Gasteiger partial charge in [-0.05, 0) is 42.0 Å². The molecule has 16 heavy (non-hydrogen) atoms. The lowest BCUT2D eigenvalue weighted by Gasteiger charge is -2.19. The Bertz CT molecular complexity index is 337. The van der Waals surface area contributed by atoms with Gasteiger partial charge in [-0.25, -0.2) is 4.39 Å². The number of ether oxygens (including phenoxy) is 1. The minimum Gasteiger partial charge on any atom is -0.496 e. The van der Waals surface area contributed by atoms with Crippen LogP contribution < -0.4 is 4.74 Å². The molecule has 1 aromatic carbocycles. The summed E-state index contributed by atoms with van der Waals surface area (Å²) in [5.74, 6) is 0.908. The molecule has 1 unspecified atom stereocenters. The minimum atomic E-state index is -0.267. The average Bonchev–Trinajstić information content (AvgIpc) is 2.25. The topological polar surface area (TPSA) is 29.5 Å². The fourth-order valence-electron chi connectivity index (χ4n) is 1.70. The second-order valence-corrected chi connectivity index (χ2v) is 4.35. The molecule has 1 rings (SSSR count). The van der Waals surface area contributed by atoms with Gasteiger partial charge in [-0.15, -0.1) is 0 Å². The fraction of sp³-hybridized carbons (Fsp3) is 0.538. The van der Waals surface area contributed by atoms with Gasteiger partial charge in [0, 0.05) is 6.61 Å². The molecule has 0 bridgehead atoms. The van der Waals surface area contributed by atoms with Crippen molar-refractivity contribution in [3.05, 3.63) is 29.6 Å². The van der Waals surface area contributed by atoms with Gasteiger partial charge in [0.25, 0.3) is 0 Å². The molecular formula is C13H19FO2. The van der Waals surface area contributed by atoms with Crippen molar-refractivity contribution in [2.45, 2.75) is 20.3 Å². The van der Waals surface area contributed by atoms with Gasteiger partial charge < -0.3 is 9.84 Å².